The summed E-state index contributed by atoms with van der Waals surface area (Å²) in [5.41, 5.74) is 0. The van der Waals surface area contributed by atoms with E-state index in [4.69, 9.17) is 0 Å². The fourth-order valence-electron chi connectivity index (χ4n) is 3.22. The number of nitrogens with one attached hydrogen (secondary N) is 1. The van der Waals surface area contributed by atoms with Crippen molar-refractivity contribution in [2.24, 2.45) is 11.8 Å². The Morgan fingerprint density at radius 2 is 2.10 bits per heavy atom. The minimum atomic E-state index is -0.320. The first-order valence-electron chi connectivity index (χ1n) is 7.80. The summed E-state index contributed by atoms with van der Waals surface area (Å²) in [7, 11) is 0. The molecule has 2 heterocycles. The van der Waals surface area contributed by atoms with E-state index in [0.717, 1.165) is 39.0 Å². The summed E-state index contributed by atoms with van der Waals surface area (Å²) in [4.78, 5) is 28.4. The predicted octanol–water partition coefficient (Wildman–Crippen LogP) is 0.701. The fourth-order valence-corrected chi connectivity index (χ4v) is 3.22. The third-order valence-electron chi connectivity index (χ3n) is 4.28. The van der Waals surface area contributed by atoms with Crippen LogP contribution in [0.1, 0.15) is 33.6 Å². The Hall–Kier alpha value is -1.10. The van der Waals surface area contributed by atoms with E-state index in [9.17, 15) is 9.59 Å². The van der Waals surface area contributed by atoms with Crippen LogP contribution >= 0.6 is 0 Å². The topological polar surface area (TPSA) is 52.6 Å². The molecule has 1 N–H and O–H groups in total. The van der Waals surface area contributed by atoms with Crippen LogP contribution in [0.3, 0.4) is 0 Å². The Bertz CT molecular complexity index is 370. The molecule has 0 saturated carbocycles. The quantitative estimate of drug-likeness (QED) is 0.807. The van der Waals surface area contributed by atoms with Gasteiger partial charge in [0.1, 0.15) is 6.04 Å². The summed E-state index contributed by atoms with van der Waals surface area (Å²) in [6.45, 7) is 10.5. The number of hydrogen-bond acceptors (Lipinski definition) is 3. The van der Waals surface area contributed by atoms with Crippen molar-refractivity contribution in [2.45, 2.75) is 39.7 Å². The van der Waals surface area contributed by atoms with E-state index in [1.54, 1.807) is 4.90 Å². The molecule has 0 bridgehead atoms. The fraction of sp³-hybridized carbons (Fsp3) is 0.867. The molecule has 2 fully saturated rings. The van der Waals surface area contributed by atoms with Crippen molar-refractivity contribution in [2.75, 3.05) is 32.7 Å². The largest absolute Gasteiger partial charge is 0.343 e. The zero-order valence-corrected chi connectivity index (χ0v) is 12.9. The highest BCUT2D eigenvalue weighted by Crippen LogP contribution is 2.19. The van der Waals surface area contributed by atoms with Gasteiger partial charge in [0, 0.05) is 13.1 Å². The van der Waals surface area contributed by atoms with Gasteiger partial charge in [0.15, 0.2) is 0 Å². The number of carbonyl (C=O) groups is 2. The van der Waals surface area contributed by atoms with Crippen LogP contribution in [-0.2, 0) is 9.59 Å². The molecule has 0 aliphatic carbocycles. The molecule has 0 spiro atoms. The molecule has 5 heteroatoms. The molecule has 2 aliphatic heterocycles. The molecule has 2 rings (SSSR count). The number of nitrogens with zero attached hydrogens (tertiary/aromatic N) is 2. The Kier molecular flexibility index (Phi) is 5.02. The summed E-state index contributed by atoms with van der Waals surface area (Å²) in [6.07, 6.45) is 1.86. The first-order valence-corrected chi connectivity index (χ1v) is 7.80. The standard InChI is InChI=1S/C15H27N3O2/c1-4-17-6-5-12(8-17)9-18-10-14(19)16-13(15(18)20)7-11(2)3/h11-13H,4-10H2,1-3H3,(H,16,19). The van der Waals surface area contributed by atoms with Gasteiger partial charge < -0.3 is 15.1 Å². The van der Waals surface area contributed by atoms with Gasteiger partial charge in [0.2, 0.25) is 11.8 Å². The second-order valence-corrected chi connectivity index (χ2v) is 6.52. The molecule has 2 unspecified atom stereocenters. The molecule has 0 aromatic heterocycles. The van der Waals surface area contributed by atoms with E-state index in [2.05, 4.69) is 31.0 Å². The molecule has 0 aromatic carbocycles. The Balaban J connectivity index is 1.93. The van der Waals surface area contributed by atoms with Gasteiger partial charge in [-0.1, -0.05) is 20.8 Å². The van der Waals surface area contributed by atoms with Gasteiger partial charge in [0.05, 0.1) is 6.54 Å². The van der Waals surface area contributed by atoms with Crippen LogP contribution in [0.15, 0.2) is 0 Å². The van der Waals surface area contributed by atoms with Gasteiger partial charge in [-0.3, -0.25) is 9.59 Å². The van der Waals surface area contributed by atoms with Crippen molar-refractivity contribution in [3.05, 3.63) is 0 Å². The van der Waals surface area contributed by atoms with Crippen LogP contribution in [0, 0.1) is 11.8 Å². The first kappa shape index (κ1) is 15.3. The Morgan fingerprint density at radius 1 is 1.35 bits per heavy atom. The number of rotatable bonds is 5. The normalized spacial score (nSPS) is 28.3. The molecule has 20 heavy (non-hydrogen) atoms. The molecule has 2 aliphatic rings. The van der Waals surface area contributed by atoms with Gasteiger partial charge >= 0.3 is 0 Å². The number of amides is 2. The van der Waals surface area contributed by atoms with Crippen molar-refractivity contribution in [3.8, 4) is 0 Å². The van der Waals surface area contributed by atoms with Gasteiger partial charge in [-0.25, -0.2) is 0 Å². The van der Waals surface area contributed by atoms with E-state index in [1.165, 1.54) is 0 Å². The zero-order valence-electron chi connectivity index (χ0n) is 12.9. The summed E-state index contributed by atoms with van der Waals surface area (Å²) in [6, 6.07) is -0.320. The maximum atomic E-state index is 12.4. The minimum Gasteiger partial charge on any atom is -0.343 e. The van der Waals surface area contributed by atoms with E-state index < -0.39 is 0 Å². The van der Waals surface area contributed by atoms with Crippen LogP contribution < -0.4 is 5.32 Å². The van der Waals surface area contributed by atoms with E-state index >= 15 is 0 Å². The van der Waals surface area contributed by atoms with Gasteiger partial charge in [-0.2, -0.15) is 0 Å². The molecular weight excluding hydrogens is 254 g/mol. The molecule has 2 saturated heterocycles. The van der Waals surface area contributed by atoms with Crippen molar-refractivity contribution in [1.82, 2.24) is 15.1 Å². The average Bonchev–Trinajstić information content (AvgIpc) is 2.82. The number of likely N-dealkylation sites (tertiary alicyclic amines) is 1. The lowest BCUT2D eigenvalue weighted by Gasteiger charge is -2.34. The first-order chi connectivity index (χ1) is 9.49. The van der Waals surface area contributed by atoms with Crippen molar-refractivity contribution in [3.63, 3.8) is 0 Å². The summed E-state index contributed by atoms with van der Waals surface area (Å²) >= 11 is 0. The van der Waals surface area contributed by atoms with Crippen molar-refractivity contribution >= 4 is 11.8 Å². The average molecular weight is 281 g/mol. The molecule has 5 nitrogen and oxygen atoms in total. The number of carbonyl (C=O) groups excluding carboxylic acids is 2. The van der Waals surface area contributed by atoms with Crippen molar-refractivity contribution < 1.29 is 9.59 Å². The van der Waals surface area contributed by atoms with E-state index in [-0.39, 0.29) is 24.4 Å². The maximum Gasteiger partial charge on any atom is 0.245 e. The molecule has 0 aromatic rings. The smallest absolute Gasteiger partial charge is 0.245 e. The molecule has 114 valence electrons. The lowest BCUT2D eigenvalue weighted by molar-refractivity contribution is -0.145. The molecular formula is C15H27N3O2. The molecule has 0 radical (unpaired) electrons. The van der Waals surface area contributed by atoms with Crippen LogP contribution in [0.2, 0.25) is 0 Å². The Morgan fingerprint density at radius 3 is 2.70 bits per heavy atom. The molecule has 2 atom stereocenters. The lowest BCUT2D eigenvalue weighted by Crippen LogP contribution is -2.59. The highest BCUT2D eigenvalue weighted by molar-refractivity contribution is 5.94. The Labute approximate surface area is 121 Å². The summed E-state index contributed by atoms with van der Waals surface area (Å²) in [5, 5.41) is 2.83. The maximum absolute atomic E-state index is 12.4. The summed E-state index contributed by atoms with van der Waals surface area (Å²) < 4.78 is 0. The third-order valence-corrected chi connectivity index (χ3v) is 4.28. The second-order valence-electron chi connectivity index (χ2n) is 6.52. The highest BCUT2D eigenvalue weighted by atomic mass is 16.2. The van der Waals surface area contributed by atoms with Gasteiger partial charge in [-0.05, 0) is 37.8 Å². The zero-order chi connectivity index (χ0) is 14.7. The number of piperazine rings is 1. The van der Waals surface area contributed by atoms with Crippen molar-refractivity contribution in [1.29, 1.82) is 0 Å². The minimum absolute atomic E-state index is 0.0133. The second kappa shape index (κ2) is 6.57. The van der Waals surface area contributed by atoms with Gasteiger partial charge in [0.25, 0.3) is 0 Å². The van der Waals surface area contributed by atoms with Gasteiger partial charge in [-0.15, -0.1) is 0 Å². The summed E-state index contributed by atoms with van der Waals surface area (Å²) in [5.74, 6) is 1.02. The van der Waals surface area contributed by atoms with Crippen LogP contribution in [0.5, 0.6) is 0 Å². The van der Waals surface area contributed by atoms with E-state index in [1.807, 2.05) is 0 Å². The predicted molar refractivity (Wildman–Crippen MR) is 78.2 cm³/mol. The van der Waals surface area contributed by atoms with Crippen LogP contribution in [0.4, 0.5) is 0 Å². The molecule has 2 amide bonds. The van der Waals surface area contributed by atoms with Crippen LogP contribution in [-0.4, -0.2) is 60.4 Å². The monoisotopic (exact) mass is 281 g/mol. The number of hydrogen-bond donors (Lipinski definition) is 1. The van der Waals surface area contributed by atoms with E-state index in [0.29, 0.717) is 11.8 Å². The lowest BCUT2D eigenvalue weighted by atomic mass is 9.99. The SMILES string of the molecule is CCN1CCC(CN2CC(=O)NC(CC(C)C)C2=O)C1. The van der Waals surface area contributed by atoms with Crippen LogP contribution in [0.25, 0.3) is 0 Å². The third kappa shape index (κ3) is 3.72. The highest BCUT2D eigenvalue weighted by Gasteiger charge is 2.35.